The van der Waals surface area contributed by atoms with Gasteiger partial charge < -0.3 is 0 Å². The van der Waals surface area contributed by atoms with Gasteiger partial charge >= 0.3 is 0 Å². The minimum atomic E-state index is -1.67. The van der Waals surface area contributed by atoms with Crippen LogP contribution in [0, 0.1) is 11.3 Å². The summed E-state index contributed by atoms with van der Waals surface area (Å²) in [5.74, 6) is 0. The average molecular weight is 282 g/mol. The standard InChI is InChI=1S/C9H11Cl3N4/c1-2-3-4-5-16-8(9(10,11)12)7(6-13)14-15-16/h2-5H2,1H3. The number of hydrogen-bond donors (Lipinski definition) is 0. The van der Waals surface area contributed by atoms with Crippen LogP contribution in [0.2, 0.25) is 0 Å². The fraction of sp³-hybridized carbons (Fsp3) is 0.667. The monoisotopic (exact) mass is 280 g/mol. The van der Waals surface area contributed by atoms with Gasteiger partial charge in [0.15, 0.2) is 5.69 Å². The number of aromatic nitrogens is 3. The van der Waals surface area contributed by atoms with Gasteiger partial charge in [-0.15, -0.1) is 5.10 Å². The Balaban J connectivity index is 2.93. The number of unbranched alkanes of at least 4 members (excludes halogenated alkanes) is 2. The first-order valence-electron chi connectivity index (χ1n) is 4.91. The van der Waals surface area contributed by atoms with E-state index >= 15 is 0 Å². The molecule has 0 aliphatic carbocycles. The highest BCUT2D eigenvalue weighted by molar-refractivity contribution is 6.66. The summed E-state index contributed by atoms with van der Waals surface area (Å²) in [6.45, 7) is 2.70. The molecule has 88 valence electrons. The number of aryl methyl sites for hydroxylation is 1. The van der Waals surface area contributed by atoms with Crippen LogP contribution in [0.4, 0.5) is 0 Å². The lowest BCUT2D eigenvalue weighted by atomic mass is 10.2. The normalized spacial score (nSPS) is 11.4. The van der Waals surface area contributed by atoms with Crippen molar-refractivity contribution in [2.24, 2.45) is 0 Å². The van der Waals surface area contributed by atoms with Crippen LogP contribution in [0.1, 0.15) is 37.6 Å². The van der Waals surface area contributed by atoms with Crippen molar-refractivity contribution < 1.29 is 0 Å². The van der Waals surface area contributed by atoms with Gasteiger partial charge in [-0.25, -0.2) is 4.68 Å². The lowest BCUT2D eigenvalue weighted by Crippen LogP contribution is -2.13. The molecule has 0 amide bonds. The van der Waals surface area contributed by atoms with E-state index in [4.69, 9.17) is 40.1 Å². The van der Waals surface area contributed by atoms with E-state index < -0.39 is 3.79 Å². The van der Waals surface area contributed by atoms with Gasteiger partial charge in [-0.1, -0.05) is 59.8 Å². The molecule has 1 aromatic heterocycles. The van der Waals surface area contributed by atoms with Crippen LogP contribution in [-0.2, 0) is 10.3 Å². The summed E-state index contributed by atoms with van der Waals surface area (Å²) in [6.07, 6.45) is 3.06. The van der Waals surface area contributed by atoms with E-state index in [0.29, 0.717) is 6.54 Å². The summed E-state index contributed by atoms with van der Waals surface area (Å²) in [6, 6.07) is 1.87. The molecule has 0 radical (unpaired) electrons. The molecule has 16 heavy (non-hydrogen) atoms. The van der Waals surface area contributed by atoms with Crippen molar-refractivity contribution in [1.82, 2.24) is 15.0 Å². The quantitative estimate of drug-likeness (QED) is 0.629. The van der Waals surface area contributed by atoms with Crippen molar-refractivity contribution in [2.45, 2.75) is 36.5 Å². The second kappa shape index (κ2) is 5.72. The van der Waals surface area contributed by atoms with Gasteiger partial charge in [0.2, 0.25) is 3.79 Å². The molecule has 7 heteroatoms. The molecule has 4 nitrogen and oxygen atoms in total. The van der Waals surface area contributed by atoms with E-state index in [9.17, 15) is 0 Å². The van der Waals surface area contributed by atoms with Gasteiger partial charge in [0.05, 0.1) is 0 Å². The van der Waals surface area contributed by atoms with Crippen LogP contribution in [0.25, 0.3) is 0 Å². The molecule has 0 fully saturated rings. The smallest absolute Gasteiger partial charge is 0.235 e. The molecule has 1 aromatic rings. The number of nitriles is 1. The highest BCUT2D eigenvalue weighted by Crippen LogP contribution is 2.39. The molecule has 1 heterocycles. The van der Waals surface area contributed by atoms with Crippen LogP contribution in [0.3, 0.4) is 0 Å². The Morgan fingerprint density at radius 2 is 2.06 bits per heavy atom. The first kappa shape index (κ1) is 13.6. The second-order valence-electron chi connectivity index (χ2n) is 3.33. The Kier molecular flexibility index (Phi) is 4.85. The van der Waals surface area contributed by atoms with Crippen molar-refractivity contribution in [3.05, 3.63) is 11.4 Å². The predicted octanol–water partition coefficient (Wildman–Crippen LogP) is 3.17. The number of rotatable bonds is 4. The minimum Gasteiger partial charge on any atom is -0.244 e. The van der Waals surface area contributed by atoms with Crippen LogP contribution >= 0.6 is 34.8 Å². The second-order valence-corrected chi connectivity index (χ2v) is 5.61. The fourth-order valence-corrected chi connectivity index (χ4v) is 1.90. The third kappa shape index (κ3) is 3.24. The van der Waals surface area contributed by atoms with Crippen LogP contribution in [-0.4, -0.2) is 15.0 Å². The third-order valence-electron chi connectivity index (χ3n) is 2.08. The first-order chi connectivity index (χ1) is 7.50. The van der Waals surface area contributed by atoms with Crippen LogP contribution < -0.4 is 0 Å². The Morgan fingerprint density at radius 3 is 2.56 bits per heavy atom. The lowest BCUT2D eigenvalue weighted by molar-refractivity contribution is 0.522. The fourth-order valence-electron chi connectivity index (χ4n) is 1.34. The zero-order valence-electron chi connectivity index (χ0n) is 8.75. The summed E-state index contributed by atoms with van der Waals surface area (Å²) in [5, 5.41) is 16.3. The highest BCUT2D eigenvalue weighted by Gasteiger charge is 2.32. The Labute approximate surface area is 109 Å². The van der Waals surface area contributed by atoms with E-state index in [-0.39, 0.29) is 11.4 Å². The van der Waals surface area contributed by atoms with Gasteiger partial charge in [0.25, 0.3) is 0 Å². The SMILES string of the molecule is CCCCCn1nnc(C#N)c1C(Cl)(Cl)Cl. The average Bonchev–Trinajstić information content (AvgIpc) is 2.61. The summed E-state index contributed by atoms with van der Waals surface area (Å²) in [5.41, 5.74) is 0.313. The zero-order valence-corrected chi connectivity index (χ0v) is 11.0. The molecule has 0 bridgehead atoms. The van der Waals surface area contributed by atoms with Crippen molar-refractivity contribution in [1.29, 1.82) is 5.26 Å². The molecule has 0 saturated heterocycles. The molecular weight excluding hydrogens is 270 g/mol. The van der Waals surface area contributed by atoms with Gasteiger partial charge in [-0.05, 0) is 6.42 Å². The molecule has 0 saturated carbocycles. The van der Waals surface area contributed by atoms with Gasteiger partial charge in [0, 0.05) is 6.54 Å². The number of hydrogen-bond acceptors (Lipinski definition) is 3. The lowest BCUT2D eigenvalue weighted by Gasteiger charge is -2.12. The van der Waals surface area contributed by atoms with Gasteiger partial charge in [0.1, 0.15) is 11.8 Å². The molecule has 0 unspecified atom stereocenters. The van der Waals surface area contributed by atoms with Crippen molar-refractivity contribution in [2.75, 3.05) is 0 Å². The van der Waals surface area contributed by atoms with E-state index in [1.54, 1.807) is 0 Å². The van der Waals surface area contributed by atoms with Crippen molar-refractivity contribution >= 4 is 34.8 Å². The Morgan fingerprint density at radius 1 is 1.38 bits per heavy atom. The van der Waals surface area contributed by atoms with E-state index in [2.05, 4.69) is 17.2 Å². The highest BCUT2D eigenvalue weighted by atomic mass is 35.6. The first-order valence-corrected chi connectivity index (χ1v) is 6.04. The van der Waals surface area contributed by atoms with Gasteiger partial charge in [-0.2, -0.15) is 5.26 Å². The van der Waals surface area contributed by atoms with Crippen molar-refractivity contribution in [3.63, 3.8) is 0 Å². The third-order valence-corrected chi connectivity index (χ3v) is 2.62. The van der Waals surface area contributed by atoms with Crippen LogP contribution in [0.5, 0.6) is 0 Å². The minimum absolute atomic E-state index is 0.0662. The van der Waals surface area contributed by atoms with Gasteiger partial charge in [-0.3, -0.25) is 0 Å². The summed E-state index contributed by atoms with van der Waals surface area (Å²) in [7, 11) is 0. The molecule has 0 aromatic carbocycles. The summed E-state index contributed by atoms with van der Waals surface area (Å²) < 4.78 is -0.179. The predicted molar refractivity (Wildman–Crippen MR) is 63.5 cm³/mol. The summed E-state index contributed by atoms with van der Waals surface area (Å²) in [4.78, 5) is 0. The summed E-state index contributed by atoms with van der Waals surface area (Å²) >= 11 is 17.3. The van der Waals surface area contributed by atoms with E-state index in [1.807, 2.05) is 6.07 Å². The van der Waals surface area contributed by atoms with Crippen molar-refractivity contribution in [3.8, 4) is 6.07 Å². The maximum absolute atomic E-state index is 8.82. The number of alkyl halides is 3. The largest absolute Gasteiger partial charge is 0.244 e. The van der Waals surface area contributed by atoms with E-state index in [0.717, 1.165) is 19.3 Å². The molecule has 0 aliphatic rings. The number of nitrogens with zero attached hydrogens (tertiary/aromatic N) is 4. The molecule has 0 aliphatic heterocycles. The topological polar surface area (TPSA) is 54.5 Å². The zero-order chi connectivity index (χ0) is 12.2. The Hall–Kier alpha value is -0.500. The molecule has 1 rings (SSSR count). The van der Waals surface area contributed by atoms with Crippen LogP contribution in [0.15, 0.2) is 0 Å². The molecule has 0 spiro atoms. The maximum Gasteiger partial charge on any atom is 0.235 e. The Bertz CT molecular complexity index is 388. The molecule has 0 N–H and O–H groups in total. The maximum atomic E-state index is 8.82. The van der Waals surface area contributed by atoms with E-state index in [1.165, 1.54) is 4.68 Å². The molecule has 0 atom stereocenters. The molecular formula is C9H11Cl3N4. The number of halogens is 3.